The van der Waals surface area contributed by atoms with E-state index in [1.54, 1.807) is 0 Å². The van der Waals surface area contributed by atoms with E-state index in [4.69, 9.17) is 0 Å². The van der Waals surface area contributed by atoms with Gasteiger partial charge < -0.3 is 0 Å². The first-order valence-electron chi connectivity index (χ1n) is 13.6. The second kappa shape index (κ2) is 8.47. The zero-order chi connectivity index (χ0) is 26.8. The molecular weight excluding hydrogens is 432 g/mol. The quantitative estimate of drug-likeness (QED) is 0.255. The Kier molecular flexibility index (Phi) is 6.23. The standard InChI is InChI=1S/C36H46/c1-33(2,3)27-21-23-17-13-15-19-25(23)29(31(27)35(7,8)9)30-26-20-16-14-18-24(26)22-28(34(4,5)6)32(30)36(10,11)12/h13-22H,1-12H3. The van der Waals surface area contributed by atoms with Crippen molar-refractivity contribution in [1.82, 2.24) is 0 Å². The lowest BCUT2D eigenvalue weighted by atomic mass is 9.66. The van der Waals surface area contributed by atoms with E-state index in [0.717, 1.165) is 0 Å². The lowest BCUT2D eigenvalue weighted by molar-refractivity contribution is 0.528. The van der Waals surface area contributed by atoms with E-state index in [1.165, 1.54) is 54.9 Å². The normalized spacial score (nSPS) is 13.6. The Bertz CT molecular complexity index is 1320. The van der Waals surface area contributed by atoms with Gasteiger partial charge in [0.05, 0.1) is 0 Å². The minimum absolute atomic E-state index is 0.0179. The predicted octanol–water partition coefficient (Wildman–Crippen LogP) is 10.8. The van der Waals surface area contributed by atoms with Gasteiger partial charge in [0.25, 0.3) is 0 Å². The first-order valence-corrected chi connectivity index (χ1v) is 13.6. The smallest absolute Gasteiger partial charge is 0.00557 e. The number of hydrogen-bond donors (Lipinski definition) is 0. The molecule has 0 nitrogen and oxygen atoms in total. The molecule has 0 heteroatoms. The number of benzene rings is 4. The average molecular weight is 479 g/mol. The van der Waals surface area contributed by atoms with Crippen LogP contribution in [0.3, 0.4) is 0 Å². The molecule has 4 rings (SSSR count). The molecular formula is C36H46. The molecule has 4 aromatic rings. The molecule has 0 aliphatic carbocycles. The molecule has 0 saturated heterocycles. The summed E-state index contributed by atoms with van der Waals surface area (Å²) in [4.78, 5) is 0. The minimum Gasteiger partial charge on any atom is -0.0616 e. The summed E-state index contributed by atoms with van der Waals surface area (Å²) in [6, 6.07) is 23.0. The first-order chi connectivity index (χ1) is 16.4. The molecule has 36 heavy (non-hydrogen) atoms. The molecule has 0 fully saturated rings. The largest absolute Gasteiger partial charge is 0.0616 e. The van der Waals surface area contributed by atoms with Crippen LogP contribution in [0.2, 0.25) is 0 Å². The van der Waals surface area contributed by atoms with Gasteiger partial charge >= 0.3 is 0 Å². The van der Waals surface area contributed by atoms with Crippen molar-refractivity contribution in [1.29, 1.82) is 0 Å². The Morgan fingerprint density at radius 3 is 0.972 bits per heavy atom. The second-order valence-corrected chi connectivity index (χ2v) is 14.8. The van der Waals surface area contributed by atoms with Crippen LogP contribution < -0.4 is 0 Å². The maximum Gasteiger partial charge on any atom is -0.00557 e. The van der Waals surface area contributed by atoms with Gasteiger partial charge in [-0.1, -0.05) is 144 Å². The average Bonchev–Trinajstić information content (AvgIpc) is 2.74. The van der Waals surface area contributed by atoms with Crippen LogP contribution in [0.5, 0.6) is 0 Å². The van der Waals surface area contributed by atoms with Crippen LogP contribution in [0, 0.1) is 0 Å². The van der Waals surface area contributed by atoms with Crippen molar-refractivity contribution in [2.45, 2.75) is 105 Å². The molecule has 0 N–H and O–H groups in total. The summed E-state index contributed by atoms with van der Waals surface area (Å²) >= 11 is 0. The summed E-state index contributed by atoms with van der Waals surface area (Å²) in [5, 5.41) is 5.38. The van der Waals surface area contributed by atoms with Gasteiger partial charge in [-0.2, -0.15) is 0 Å². The Balaban J connectivity index is 2.44. The molecule has 0 aromatic heterocycles. The van der Waals surface area contributed by atoms with Crippen molar-refractivity contribution in [3.8, 4) is 11.1 Å². The minimum atomic E-state index is -0.0179. The predicted molar refractivity (Wildman–Crippen MR) is 162 cm³/mol. The van der Waals surface area contributed by atoms with Crippen molar-refractivity contribution >= 4 is 21.5 Å². The number of rotatable bonds is 1. The van der Waals surface area contributed by atoms with E-state index >= 15 is 0 Å². The van der Waals surface area contributed by atoms with E-state index in [0.29, 0.717) is 0 Å². The van der Waals surface area contributed by atoms with Crippen LogP contribution in [-0.4, -0.2) is 0 Å². The zero-order valence-electron chi connectivity index (χ0n) is 24.8. The molecule has 0 spiro atoms. The summed E-state index contributed by atoms with van der Waals surface area (Å²) in [5.41, 5.74) is 8.75. The van der Waals surface area contributed by atoms with E-state index in [2.05, 4.69) is 144 Å². The molecule has 0 saturated carbocycles. The molecule has 0 unspecified atom stereocenters. The SMILES string of the molecule is CC(C)(C)c1cc2ccccc2c(-c2c(C(C)(C)C)c(C(C)(C)C)cc3ccccc23)c1C(C)(C)C. The van der Waals surface area contributed by atoms with Crippen molar-refractivity contribution in [2.24, 2.45) is 0 Å². The summed E-state index contributed by atoms with van der Waals surface area (Å²) < 4.78 is 0. The third-order valence-corrected chi connectivity index (χ3v) is 7.46. The van der Waals surface area contributed by atoms with Crippen LogP contribution >= 0.6 is 0 Å². The summed E-state index contributed by atoms with van der Waals surface area (Å²) in [5.74, 6) is 0. The Morgan fingerprint density at radius 2 is 0.694 bits per heavy atom. The van der Waals surface area contributed by atoms with Gasteiger partial charge in [-0.25, -0.2) is 0 Å². The first kappa shape index (κ1) is 26.5. The summed E-state index contributed by atoms with van der Waals surface area (Å²) in [6.07, 6.45) is 0. The molecule has 0 heterocycles. The van der Waals surface area contributed by atoms with E-state index in [9.17, 15) is 0 Å². The highest BCUT2D eigenvalue weighted by Gasteiger charge is 2.35. The van der Waals surface area contributed by atoms with Crippen molar-refractivity contribution in [3.63, 3.8) is 0 Å². The van der Waals surface area contributed by atoms with Gasteiger partial charge in [-0.15, -0.1) is 0 Å². The fourth-order valence-electron chi connectivity index (χ4n) is 5.96. The number of fused-ring (bicyclic) bond motifs is 2. The van der Waals surface area contributed by atoms with Crippen molar-refractivity contribution in [3.05, 3.63) is 82.9 Å². The van der Waals surface area contributed by atoms with Gasteiger partial charge in [0, 0.05) is 0 Å². The molecule has 190 valence electrons. The summed E-state index contributed by atoms with van der Waals surface area (Å²) in [7, 11) is 0. The van der Waals surface area contributed by atoms with Gasteiger partial charge in [0.15, 0.2) is 0 Å². The van der Waals surface area contributed by atoms with Gasteiger partial charge in [0.2, 0.25) is 0 Å². The third kappa shape index (κ3) is 4.60. The lowest BCUT2D eigenvalue weighted by Crippen LogP contribution is -2.26. The Morgan fingerprint density at radius 1 is 0.389 bits per heavy atom. The maximum absolute atomic E-state index is 2.46. The molecule has 4 aromatic carbocycles. The monoisotopic (exact) mass is 478 g/mol. The number of hydrogen-bond acceptors (Lipinski definition) is 0. The van der Waals surface area contributed by atoms with Crippen LogP contribution in [0.25, 0.3) is 32.7 Å². The van der Waals surface area contributed by atoms with Crippen molar-refractivity contribution < 1.29 is 0 Å². The third-order valence-electron chi connectivity index (χ3n) is 7.46. The maximum atomic E-state index is 2.46. The fraction of sp³-hybridized carbons (Fsp3) is 0.444. The van der Waals surface area contributed by atoms with E-state index in [1.807, 2.05) is 0 Å². The van der Waals surface area contributed by atoms with Crippen LogP contribution in [0.15, 0.2) is 60.7 Å². The second-order valence-electron chi connectivity index (χ2n) is 14.8. The van der Waals surface area contributed by atoms with Crippen LogP contribution in [0.4, 0.5) is 0 Å². The Hall–Kier alpha value is -2.60. The lowest BCUT2D eigenvalue weighted by Gasteiger charge is -2.38. The Labute approximate surface area is 220 Å². The van der Waals surface area contributed by atoms with Gasteiger partial charge in [0.1, 0.15) is 0 Å². The molecule has 0 radical (unpaired) electrons. The fourth-order valence-corrected chi connectivity index (χ4v) is 5.96. The van der Waals surface area contributed by atoms with E-state index in [-0.39, 0.29) is 21.7 Å². The highest BCUT2D eigenvalue weighted by Crippen LogP contribution is 2.51. The van der Waals surface area contributed by atoms with E-state index < -0.39 is 0 Å². The highest BCUT2D eigenvalue weighted by atomic mass is 14.4. The van der Waals surface area contributed by atoms with Gasteiger partial charge in [-0.3, -0.25) is 0 Å². The van der Waals surface area contributed by atoms with Crippen molar-refractivity contribution in [2.75, 3.05) is 0 Å². The van der Waals surface area contributed by atoms with Crippen LogP contribution in [-0.2, 0) is 21.7 Å². The topological polar surface area (TPSA) is 0 Å². The zero-order valence-corrected chi connectivity index (χ0v) is 24.8. The summed E-state index contributed by atoms with van der Waals surface area (Å²) in [6.45, 7) is 28.5. The highest BCUT2D eigenvalue weighted by molar-refractivity contribution is 6.09. The molecule has 0 atom stereocenters. The van der Waals surface area contributed by atoms with Crippen LogP contribution in [0.1, 0.15) is 105 Å². The molecule has 0 bridgehead atoms. The molecule has 0 aliphatic rings. The van der Waals surface area contributed by atoms with Gasteiger partial charge in [-0.05, 0) is 76.6 Å². The molecule has 0 amide bonds. The molecule has 0 aliphatic heterocycles.